The lowest BCUT2D eigenvalue weighted by Crippen LogP contribution is -2.40. The molecule has 1 fully saturated rings. The molecule has 1 aliphatic rings. The third kappa shape index (κ3) is 7.51. The molecule has 33 heavy (non-hydrogen) atoms. The van der Waals surface area contributed by atoms with E-state index in [1.807, 2.05) is 42.5 Å². The van der Waals surface area contributed by atoms with E-state index in [4.69, 9.17) is 10.00 Å². The molecule has 7 nitrogen and oxygen atoms in total. The molecule has 0 bridgehead atoms. The lowest BCUT2D eigenvalue weighted by Gasteiger charge is -2.30. The quantitative estimate of drug-likeness (QED) is 0.364. The summed E-state index contributed by atoms with van der Waals surface area (Å²) in [7, 11) is 0. The van der Waals surface area contributed by atoms with Crippen molar-refractivity contribution in [3.8, 4) is 6.07 Å². The number of piperidine rings is 1. The highest BCUT2D eigenvalue weighted by Crippen LogP contribution is 2.26. The van der Waals surface area contributed by atoms with Crippen molar-refractivity contribution in [2.24, 2.45) is 5.92 Å². The molecule has 0 aliphatic carbocycles. The monoisotopic (exact) mass is 463 g/mol. The fraction of sp³-hybridized carbons (Fsp3) is 0.280. The third-order valence-corrected chi connectivity index (χ3v) is 6.10. The molecule has 0 radical (unpaired) electrons. The molecule has 0 aromatic heterocycles. The number of para-hydroxylation sites is 1. The van der Waals surface area contributed by atoms with Gasteiger partial charge in [0.25, 0.3) is 5.91 Å². The predicted molar refractivity (Wildman–Crippen MR) is 127 cm³/mol. The number of rotatable bonds is 8. The maximum Gasteiger partial charge on any atom is 0.309 e. The summed E-state index contributed by atoms with van der Waals surface area (Å²) in [6.07, 6.45) is 4.32. The highest BCUT2D eigenvalue weighted by atomic mass is 32.2. The van der Waals surface area contributed by atoms with Gasteiger partial charge in [-0.15, -0.1) is 11.8 Å². The van der Waals surface area contributed by atoms with Gasteiger partial charge < -0.3 is 15.0 Å². The summed E-state index contributed by atoms with van der Waals surface area (Å²) in [6, 6.07) is 18.8. The van der Waals surface area contributed by atoms with Crippen LogP contribution in [0.1, 0.15) is 18.4 Å². The molecule has 2 aromatic rings. The Hall–Kier alpha value is -3.57. The van der Waals surface area contributed by atoms with E-state index < -0.39 is 11.9 Å². The van der Waals surface area contributed by atoms with Crippen LogP contribution in [0.2, 0.25) is 0 Å². The van der Waals surface area contributed by atoms with Crippen LogP contribution in [0.5, 0.6) is 0 Å². The summed E-state index contributed by atoms with van der Waals surface area (Å²) in [4.78, 5) is 39.5. The van der Waals surface area contributed by atoms with Crippen LogP contribution in [-0.4, -0.2) is 48.1 Å². The lowest BCUT2D eigenvalue weighted by atomic mass is 9.97. The number of nitriles is 1. The molecule has 1 aliphatic heterocycles. The first-order valence-corrected chi connectivity index (χ1v) is 11.6. The Balaban J connectivity index is 1.41. The summed E-state index contributed by atoms with van der Waals surface area (Å²) in [5.74, 6) is -1.02. The van der Waals surface area contributed by atoms with Crippen molar-refractivity contribution < 1.29 is 19.1 Å². The van der Waals surface area contributed by atoms with Crippen molar-refractivity contribution in [3.63, 3.8) is 0 Å². The van der Waals surface area contributed by atoms with E-state index >= 15 is 0 Å². The highest BCUT2D eigenvalue weighted by molar-refractivity contribution is 7.99. The first kappa shape index (κ1) is 24.1. The molecule has 3 rings (SSSR count). The van der Waals surface area contributed by atoms with Gasteiger partial charge in [0, 0.05) is 24.1 Å². The molecular weight excluding hydrogens is 438 g/mol. The van der Waals surface area contributed by atoms with Gasteiger partial charge in [-0.05, 0) is 36.6 Å². The van der Waals surface area contributed by atoms with Crippen LogP contribution in [-0.2, 0) is 19.1 Å². The van der Waals surface area contributed by atoms with Gasteiger partial charge in [0.15, 0.2) is 6.61 Å². The minimum absolute atomic E-state index is 0.0852. The number of carbonyl (C=O) groups is 3. The number of ether oxygens (including phenoxy) is 1. The van der Waals surface area contributed by atoms with E-state index in [0.717, 1.165) is 10.5 Å². The number of esters is 1. The summed E-state index contributed by atoms with van der Waals surface area (Å²) < 4.78 is 5.21. The Morgan fingerprint density at radius 1 is 1.09 bits per heavy atom. The van der Waals surface area contributed by atoms with E-state index in [9.17, 15) is 14.4 Å². The van der Waals surface area contributed by atoms with Crippen molar-refractivity contribution in [2.75, 3.05) is 30.8 Å². The van der Waals surface area contributed by atoms with Gasteiger partial charge in [-0.3, -0.25) is 14.4 Å². The number of hydrogen-bond acceptors (Lipinski definition) is 6. The maximum absolute atomic E-state index is 12.4. The Kier molecular flexibility index (Phi) is 9.09. The minimum atomic E-state index is -0.438. The smallest absolute Gasteiger partial charge is 0.309 e. The summed E-state index contributed by atoms with van der Waals surface area (Å²) in [5, 5.41) is 11.5. The Bertz CT molecular complexity index is 1040. The number of anilines is 1. The van der Waals surface area contributed by atoms with Crippen molar-refractivity contribution in [1.29, 1.82) is 5.26 Å². The third-order valence-electron chi connectivity index (χ3n) is 5.16. The molecule has 0 unspecified atom stereocenters. The van der Waals surface area contributed by atoms with Crippen molar-refractivity contribution in [2.45, 2.75) is 17.7 Å². The molecule has 1 N–H and O–H groups in total. The van der Waals surface area contributed by atoms with Crippen LogP contribution in [0.15, 0.2) is 65.6 Å². The first-order valence-electron chi connectivity index (χ1n) is 10.6. The fourth-order valence-electron chi connectivity index (χ4n) is 3.42. The van der Waals surface area contributed by atoms with Crippen molar-refractivity contribution in [3.05, 3.63) is 66.2 Å². The largest absolute Gasteiger partial charge is 0.455 e. The van der Waals surface area contributed by atoms with Crippen LogP contribution in [0.3, 0.4) is 0 Å². The van der Waals surface area contributed by atoms with Gasteiger partial charge in [-0.1, -0.05) is 42.5 Å². The first-order chi connectivity index (χ1) is 16.1. The SMILES string of the molecule is N#CCSc1ccccc1NC(=O)COC(=O)C1CCN(C(=O)/C=C/c2ccccc2)CC1. The van der Waals surface area contributed by atoms with E-state index in [1.165, 1.54) is 11.8 Å². The molecule has 8 heteroatoms. The van der Waals surface area contributed by atoms with E-state index in [1.54, 1.807) is 29.2 Å². The summed E-state index contributed by atoms with van der Waals surface area (Å²) in [6.45, 7) is 0.551. The summed E-state index contributed by atoms with van der Waals surface area (Å²) in [5.41, 5.74) is 1.53. The van der Waals surface area contributed by atoms with Crippen molar-refractivity contribution in [1.82, 2.24) is 4.90 Å². The number of hydrogen-bond donors (Lipinski definition) is 1. The Morgan fingerprint density at radius 3 is 2.52 bits per heavy atom. The van der Waals surface area contributed by atoms with Gasteiger partial charge in [0.05, 0.1) is 23.4 Å². The number of likely N-dealkylation sites (tertiary alicyclic amines) is 1. The summed E-state index contributed by atoms with van der Waals surface area (Å²) >= 11 is 1.32. The fourth-order valence-corrected chi connectivity index (χ4v) is 4.09. The zero-order chi connectivity index (χ0) is 23.5. The average Bonchev–Trinajstić information content (AvgIpc) is 2.86. The molecule has 0 spiro atoms. The van der Waals surface area contributed by atoms with Gasteiger partial charge in [0.2, 0.25) is 5.91 Å². The van der Waals surface area contributed by atoms with Gasteiger partial charge >= 0.3 is 5.97 Å². The topological polar surface area (TPSA) is 99.5 Å². The van der Waals surface area contributed by atoms with Gasteiger partial charge in [-0.2, -0.15) is 5.26 Å². The molecule has 2 amide bonds. The minimum Gasteiger partial charge on any atom is -0.455 e. The van der Waals surface area contributed by atoms with E-state index in [0.29, 0.717) is 31.6 Å². The average molecular weight is 464 g/mol. The molecule has 1 heterocycles. The second-order valence-corrected chi connectivity index (χ2v) is 8.46. The van der Waals surface area contributed by atoms with E-state index in [2.05, 4.69) is 11.4 Å². The lowest BCUT2D eigenvalue weighted by molar-refractivity contribution is -0.153. The zero-order valence-corrected chi connectivity index (χ0v) is 18.9. The number of benzene rings is 2. The number of carbonyl (C=O) groups excluding carboxylic acids is 3. The molecule has 0 saturated carbocycles. The van der Waals surface area contributed by atoms with Crippen LogP contribution in [0.25, 0.3) is 6.08 Å². The second-order valence-electron chi connectivity index (χ2n) is 7.44. The van der Waals surface area contributed by atoms with Crippen LogP contribution in [0, 0.1) is 17.2 Å². The normalized spacial score (nSPS) is 14.0. The van der Waals surface area contributed by atoms with Crippen LogP contribution in [0.4, 0.5) is 5.69 Å². The maximum atomic E-state index is 12.4. The van der Waals surface area contributed by atoms with Gasteiger partial charge in [-0.25, -0.2) is 0 Å². The number of nitrogens with zero attached hydrogens (tertiary/aromatic N) is 2. The number of thioether (sulfide) groups is 1. The molecule has 170 valence electrons. The van der Waals surface area contributed by atoms with Crippen LogP contribution >= 0.6 is 11.8 Å². The highest BCUT2D eigenvalue weighted by Gasteiger charge is 2.28. The molecule has 0 atom stereocenters. The van der Waals surface area contributed by atoms with Crippen LogP contribution < -0.4 is 5.32 Å². The number of nitrogens with one attached hydrogen (secondary N) is 1. The van der Waals surface area contributed by atoms with Gasteiger partial charge in [0.1, 0.15) is 0 Å². The number of amides is 2. The Labute approximate surface area is 197 Å². The molecule has 1 saturated heterocycles. The Morgan fingerprint density at radius 2 is 1.79 bits per heavy atom. The zero-order valence-electron chi connectivity index (χ0n) is 18.1. The van der Waals surface area contributed by atoms with Crippen molar-refractivity contribution >= 4 is 41.3 Å². The second kappa shape index (κ2) is 12.5. The predicted octanol–water partition coefficient (Wildman–Crippen LogP) is 3.74. The molecular formula is C25H25N3O4S. The molecule has 2 aromatic carbocycles. The van der Waals surface area contributed by atoms with E-state index in [-0.39, 0.29) is 24.2 Å². The standard InChI is InChI=1S/C25H25N3O4S/c26-14-17-33-22-9-5-4-8-21(22)27-23(29)18-32-25(31)20-12-15-28(16-13-20)24(30)11-10-19-6-2-1-3-7-19/h1-11,20H,12-13,15-18H2,(H,27,29)/b11-10+.